The Labute approximate surface area is 112 Å². The molecule has 2 rings (SSSR count). The van der Waals surface area contributed by atoms with Crippen LogP contribution in [0.1, 0.15) is 11.3 Å². The molecule has 0 spiro atoms. The van der Waals surface area contributed by atoms with Crippen molar-refractivity contribution in [3.05, 3.63) is 41.8 Å². The number of hydrogen-bond acceptors (Lipinski definition) is 4. The number of rotatable bonds is 3. The highest BCUT2D eigenvalue weighted by atomic mass is 32.2. The molecule has 0 unspecified atom stereocenters. The maximum absolute atomic E-state index is 12.5. The first-order chi connectivity index (χ1) is 9.20. The molecule has 0 saturated carbocycles. The third-order valence-electron chi connectivity index (χ3n) is 2.44. The monoisotopic (exact) mass is 306 g/mol. The van der Waals surface area contributed by atoms with Crippen LogP contribution >= 0.6 is 0 Å². The van der Waals surface area contributed by atoms with Crippen molar-refractivity contribution in [3.8, 4) is 0 Å². The molecule has 0 radical (unpaired) electrons. The van der Waals surface area contributed by atoms with Crippen LogP contribution in [0.3, 0.4) is 0 Å². The Balaban J connectivity index is 2.34. The van der Waals surface area contributed by atoms with Crippen LogP contribution in [-0.2, 0) is 16.2 Å². The van der Waals surface area contributed by atoms with Crippen molar-refractivity contribution in [3.63, 3.8) is 0 Å². The molecule has 0 saturated heterocycles. The molecule has 20 heavy (non-hydrogen) atoms. The lowest BCUT2D eigenvalue weighted by molar-refractivity contribution is -0.137. The molecule has 9 heteroatoms. The fourth-order valence-electron chi connectivity index (χ4n) is 1.51. The molecule has 0 aliphatic heterocycles. The van der Waals surface area contributed by atoms with Crippen LogP contribution < -0.4 is 4.72 Å². The van der Waals surface area contributed by atoms with Gasteiger partial charge in [0.15, 0.2) is 0 Å². The van der Waals surface area contributed by atoms with E-state index < -0.39 is 21.8 Å². The summed E-state index contributed by atoms with van der Waals surface area (Å²) in [5.41, 5.74) is -1.02. The maximum atomic E-state index is 12.5. The van der Waals surface area contributed by atoms with Crippen LogP contribution in [0.15, 0.2) is 39.9 Å². The summed E-state index contributed by atoms with van der Waals surface area (Å²) in [7, 11) is -4.04. The zero-order valence-corrected chi connectivity index (χ0v) is 10.9. The first-order valence-electron chi connectivity index (χ1n) is 5.31. The summed E-state index contributed by atoms with van der Waals surface area (Å²) < 4.78 is 68.1. The summed E-state index contributed by atoms with van der Waals surface area (Å²) in [5, 5.41) is 3.41. The Morgan fingerprint density at radius 1 is 1.30 bits per heavy atom. The van der Waals surface area contributed by atoms with E-state index in [0.717, 1.165) is 18.4 Å². The number of nitrogens with one attached hydrogen (secondary N) is 1. The van der Waals surface area contributed by atoms with Crippen molar-refractivity contribution < 1.29 is 26.1 Å². The number of hydrogen-bond donors (Lipinski definition) is 1. The van der Waals surface area contributed by atoms with E-state index in [2.05, 4.69) is 9.68 Å². The van der Waals surface area contributed by atoms with Crippen molar-refractivity contribution >= 4 is 15.7 Å². The molecule has 1 aromatic carbocycles. The number of aryl methyl sites for hydroxylation is 1. The summed E-state index contributed by atoms with van der Waals surface area (Å²) in [6, 6.07) is 3.89. The average Bonchev–Trinajstić information content (AvgIpc) is 2.75. The van der Waals surface area contributed by atoms with Gasteiger partial charge in [0.25, 0.3) is 10.0 Å². The highest BCUT2D eigenvalue weighted by Gasteiger charge is 2.31. The second kappa shape index (κ2) is 4.82. The van der Waals surface area contributed by atoms with E-state index in [1.165, 1.54) is 13.0 Å². The van der Waals surface area contributed by atoms with Crippen LogP contribution in [0.25, 0.3) is 0 Å². The lowest BCUT2D eigenvalue weighted by Gasteiger charge is -2.10. The van der Waals surface area contributed by atoms with Gasteiger partial charge in [-0.25, -0.2) is 8.42 Å². The molecule has 5 nitrogen and oxygen atoms in total. The minimum Gasteiger partial charge on any atom is -0.363 e. The average molecular weight is 306 g/mol. The molecule has 0 atom stereocenters. The van der Waals surface area contributed by atoms with E-state index in [1.807, 2.05) is 4.72 Å². The second-order valence-corrected chi connectivity index (χ2v) is 5.60. The first kappa shape index (κ1) is 14.4. The van der Waals surface area contributed by atoms with Gasteiger partial charge in [0.05, 0.1) is 5.56 Å². The van der Waals surface area contributed by atoms with Crippen molar-refractivity contribution in [2.24, 2.45) is 0 Å². The predicted molar refractivity (Wildman–Crippen MR) is 63.5 cm³/mol. The fourth-order valence-corrected chi connectivity index (χ4v) is 2.65. The van der Waals surface area contributed by atoms with Crippen molar-refractivity contribution in [1.82, 2.24) is 5.16 Å². The lowest BCUT2D eigenvalue weighted by atomic mass is 10.2. The summed E-state index contributed by atoms with van der Waals surface area (Å²) in [6.07, 6.45) is -3.64. The quantitative estimate of drug-likeness (QED) is 0.946. The van der Waals surface area contributed by atoms with E-state index in [1.54, 1.807) is 0 Å². The number of anilines is 1. The molecule has 0 aliphatic carbocycles. The Hall–Kier alpha value is -2.03. The molecule has 0 bridgehead atoms. The van der Waals surface area contributed by atoms with Gasteiger partial charge in [0.1, 0.15) is 16.9 Å². The van der Waals surface area contributed by atoms with Crippen LogP contribution in [-0.4, -0.2) is 13.6 Å². The zero-order valence-electron chi connectivity index (χ0n) is 10.1. The molecule has 2 aromatic rings. The molecule has 108 valence electrons. The summed E-state index contributed by atoms with van der Waals surface area (Å²) in [4.78, 5) is -0.227. The highest BCUT2D eigenvalue weighted by molar-refractivity contribution is 7.92. The normalized spacial score (nSPS) is 12.4. The number of alkyl halides is 3. The van der Waals surface area contributed by atoms with Gasteiger partial charge >= 0.3 is 6.18 Å². The summed E-state index contributed by atoms with van der Waals surface area (Å²) in [5.74, 6) is 0. The van der Waals surface area contributed by atoms with Gasteiger partial charge < -0.3 is 4.52 Å². The summed E-state index contributed by atoms with van der Waals surface area (Å²) >= 11 is 0. The second-order valence-electron chi connectivity index (χ2n) is 3.95. The van der Waals surface area contributed by atoms with Crippen LogP contribution in [0, 0.1) is 6.92 Å². The van der Waals surface area contributed by atoms with Gasteiger partial charge in [0, 0.05) is 5.69 Å². The fraction of sp³-hybridized carbons (Fsp3) is 0.182. The number of nitrogens with zero attached hydrogens (tertiary/aromatic N) is 1. The Kier molecular flexibility index (Phi) is 3.46. The van der Waals surface area contributed by atoms with E-state index in [-0.39, 0.29) is 16.3 Å². The van der Waals surface area contributed by atoms with E-state index >= 15 is 0 Å². The maximum Gasteiger partial charge on any atom is 0.416 e. The summed E-state index contributed by atoms with van der Waals surface area (Å²) in [6.45, 7) is 1.41. The number of sulfonamides is 1. The molecule has 0 amide bonds. The molecule has 1 heterocycles. The van der Waals surface area contributed by atoms with Crippen molar-refractivity contribution in [1.29, 1.82) is 0 Å². The highest BCUT2D eigenvalue weighted by Crippen LogP contribution is 2.31. The van der Waals surface area contributed by atoms with Crippen LogP contribution in [0.5, 0.6) is 0 Å². The van der Waals surface area contributed by atoms with Gasteiger partial charge in [0.2, 0.25) is 0 Å². The van der Waals surface area contributed by atoms with Crippen LogP contribution in [0.4, 0.5) is 18.9 Å². The van der Waals surface area contributed by atoms with Gasteiger partial charge in [-0.3, -0.25) is 4.72 Å². The van der Waals surface area contributed by atoms with Gasteiger partial charge in [-0.1, -0.05) is 11.2 Å². The lowest BCUT2D eigenvalue weighted by Crippen LogP contribution is -2.14. The predicted octanol–water partition coefficient (Wildman–Crippen LogP) is 2.80. The third-order valence-corrected chi connectivity index (χ3v) is 3.91. The molecule has 0 aliphatic rings. The minimum absolute atomic E-state index is 0.115. The molecular weight excluding hydrogens is 297 g/mol. The number of aromatic nitrogens is 1. The third kappa shape index (κ3) is 2.93. The smallest absolute Gasteiger partial charge is 0.363 e. The number of benzene rings is 1. The Morgan fingerprint density at radius 2 is 2.00 bits per heavy atom. The number of halogens is 3. The standard InChI is InChI=1S/C11H9F3N2O3S/c1-7-10(6-19-15-7)20(17,18)16-9-4-2-3-8(5-9)11(12,13)14/h2-6,16H,1H3. The van der Waals surface area contributed by atoms with E-state index in [4.69, 9.17) is 0 Å². The minimum atomic E-state index is -4.55. The van der Waals surface area contributed by atoms with Gasteiger partial charge in [-0.15, -0.1) is 0 Å². The zero-order chi connectivity index (χ0) is 15.0. The SMILES string of the molecule is Cc1nocc1S(=O)(=O)Nc1cccc(C(F)(F)F)c1. The Bertz CT molecular complexity index is 723. The molecular formula is C11H9F3N2O3S. The van der Waals surface area contributed by atoms with Gasteiger partial charge in [-0.2, -0.15) is 13.2 Å². The topological polar surface area (TPSA) is 72.2 Å². The first-order valence-corrected chi connectivity index (χ1v) is 6.79. The molecule has 0 fully saturated rings. The van der Waals surface area contributed by atoms with Gasteiger partial charge in [-0.05, 0) is 25.1 Å². The van der Waals surface area contributed by atoms with E-state index in [9.17, 15) is 21.6 Å². The van der Waals surface area contributed by atoms with Crippen molar-refractivity contribution in [2.75, 3.05) is 4.72 Å². The molecule has 1 aromatic heterocycles. The largest absolute Gasteiger partial charge is 0.416 e. The van der Waals surface area contributed by atoms with Crippen LogP contribution in [0.2, 0.25) is 0 Å². The molecule has 1 N–H and O–H groups in total. The Morgan fingerprint density at radius 3 is 2.55 bits per heavy atom. The van der Waals surface area contributed by atoms with Crippen molar-refractivity contribution in [2.45, 2.75) is 18.0 Å². The van der Waals surface area contributed by atoms with E-state index in [0.29, 0.717) is 6.07 Å².